The highest BCUT2D eigenvalue weighted by atomic mass is 79.9. The highest BCUT2D eigenvalue weighted by Gasteiger charge is 2.14. The molecule has 0 aliphatic carbocycles. The van der Waals surface area contributed by atoms with Crippen LogP contribution in [-0.2, 0) is 16.2 Å². The summed E-state index contributed by atoms with van der Waals surface area (Å²) < 4.78 is 11.8. The maximum Gasteiger partial charge on any atom is 0.329 e. The molecule has 158 valence electrons. The zero-order valence-corrected chi connectivity index (χ0v) is 19.0. The lowest BCUT2D eigenvalue weighted by atomic mass is 10.2. The van der Waals surface area contributed by atoms with Crippen molar-refractivity contribution in [2.45, 2.75) is 6.61 Å². The van der Waals surface area contributed by atoms with E-state index in [0.717, 1.165) is 0 Å². The van der Waals surface area contributed by atoms with Crippen LogP contribution in [0.5, 0.6) is 11.5 Å². The minimum atomic E-state index is -0.893. The van der Waals surface area contributed by atoms with Crippen LogP contribution in [0, 0.1) is 0 Å². The van der Waals surface area contributed by atoms with E-state index in [4.69, 9.17) is 32.7 Å². The molecule has 0 aromatic heterocycles. The molecule has 0 aliphatic heterocycles. The van der Waals surface area contributed by atoms with Gasteiger partial charge in [-0.15, -0.1) is 6.58 Å². The minimum Gasteiger partial charge on any atom is -0.493 e. The fourth-order valence-corrected chi connectivity index (χ4v) is 3.31. The van der Waals surface area contributed by atoms with E-state index in [9.17, 15) is 9.59 Å². The van der Waals surface area contributed by atoms with Gasteiger partial charge in [-0.25, -0.2) is 5.43 Å². The van der Waals surface area contributed by atoms with E-state index in [-0.39, 0.29) is 13.2 Å². The Morgan fingerprint density at radius 3 is 2.57 bits per heavy atom. The number of ether oxygens (including phenoxy) is 2. The molecule has 0 heterocycles. The third-order valence-corrected chi connectivity index (χ3v) is 4.96. The fraction of sp³-hybridized carbons (Fsp3) is 0.150. The maximum absolute atomic E-state index is 11.6. The topological polar surface area (TPSA) is 89.0 Å². The summed E-state index contributed by atoms with van der Waals surface area (Å²) in [5.74, 6) is -0.842. The number of hydrazone groups is 1. The number of benzene rings is 2. The van der Waals surface area contributed by atoms with Gasteiger partial charge in [0.05, 0.1) is 17.8 Å². The summed E-state index contributed by atoms with van der Waals surface area (Å²) in [5, 5.41) is 7.10. The lowest BCUT2D eigenvalue weighted by Crippen LogP contribution is -2.37. The smallest absolute Gasteiger partial charge is 0.329 e. The van der Waals surface area contributed by atoms with Crippen LogP contribution in [0.15, 0.2) is 52.6 Å². The first-order valence-electron chi connectivity index (χ1n) is 8.52. The van der Waals surface area contributed by atoms with E-state index >= 15 is 0 Å². The lowest BCUT2D eigenvalue weighted by Gasteiger charge is -2.14. The normalized spacial score (nSPS) is 10.5. The van der Waals surface area contributed by atoms with Crippen molar-refractivity contribution in [1.82, 2.24) is 10.7 Å². The first-order valence-corrected chi connectivity index (χ1v) is 10.1. The Bertz CT molecular complexity index is 963. The molecule has 2 aromatic rings. The summed E-state index contributed by atoms with van der Waals surface area (Å²) in [7, 11) is 1.49. The molecule has 2 N–H and O–H groups in total. The van der Waals surface area contributed by atoms with E-state index in [2.05, 4.69) is 38.4 Å². The number of nitrogens with one attached hydrogen (secondary N) is 2. The number of nitrogens with zero attached hydrogens (tertiary/aromatic N) is 1. The Kier molecular flexibility index (Phi) is 9.16. The van der Waals surface area contributed by atoms with Gasteiger partial charge in [0.2, 0.25) is 0 Å². The molecule has 0 unspecified atom stereocenters. The fourth-order valence-electron chi connectivity index (χ4n) is 2.23. The second-order valence-electron chi connectivity index (χ2n) is 5.72. The summed E-state index contributed by atoms with van der Waals surface area (Å²) in [6.07, 6.45) is 2.82. The lowest BCUT2D eigenvalue weighted by molar-refractivity contribution is -0.139. The maximum atomic E-state index is 11.6. The molecule has 0 fully saturated rings. The predicted molar refractivity (Wildman–Crippen MR) is 120 cm³/mol. The third kappa shape index (κ3) is 6.48. The number of amides is 2. The van der Waals surface area contributed by atoms with Crippen molar-refractivity contribution in [3.63, 3.8) is 0 Å². The molecule has 2 aromatic carbocycles. The molecule has 30 heavy (non-hydrogen) atoms. The quantitative estimate of drug-likeness (QED) is 0.240. The molecule has 0 spiro atoms. The molecule has 10 heteroatoms. The van der Waals surface area contributed by atoms with Crippen LogP contribution in [0.4, 0.5) is 0 Å². The van der Waals surface area contributed by atoms with Gasteiger partial charge in [-0.3, -0.25) is 9.59 Å². The van der Waals surface area contributed by atoms with Crippen molar-refractivity contribution < 1.29 is 19.1 Å². The molecule has 0 saturated carbocycles. The molecule has 0 saturated heterocycles. The molecule has 0 bridgehead atoms. The van der Waals surface area contributed by atoms with E-state index in [1.54, 1.807) is 30.3 Å². The van der Waals surface area contributed by atoms with Crippen molar-refractivity contribution in [2.24, 2.45) is 5.10 Å². The number of carbonyl (C=O) groups excluding carboxylic acids is 2. The molecule has 0 atom stereocenters. The van der Waals surface area contributed by atoms with Gasteiger partial charge < -0.3 is 14.8 Å². The van der Waals surface area contributed by atoms with Crippen molar-refractivity contribution in [2.75, 3.05) is 13.7 Å². The van der Waals surface area contributed by atoms with Gasteiger partial charge in [-0.1, -0.05) is 35.3 Å². The number of carbonyl (C=O) groups is 2. The minimum absolute atomic E-state index is 0.136. The molecule has 0 aliphatic rings. The molecular formula is C20H18BrCl2N3O4. The van der Waals surface area contributed by atoms with E-state index in [0.29, 0.717) is 37.1 Å². The number of methoxy groups -OCH3 is 1. The average Bonchev–Trinajstić information content (AvgIpc) is 2.72. The Morgan fingerprint density at radius 2 is 1.93 bits per heavy atom. The number of rotatable bonds is 8. The van der Waals surface area contributed by atoms with E-state index in [1.165, 1.54) is 19.4 Å². The Morgan fingerprint density at radius 1 is 1.23 bits per heavy atom. The standard InChI is InChI=1S/C20H18BrCl2N3O4/c1-3-7-24-19(27)20(28)26-25-10-12-8-14(21)18(17(9-12)29-2)30-11-13-15(22)5-4-6-16(13)23/h3-6,8-10H,1,7,11H2,2H3,(H,24,27)(H,26,28)/b25-10-. The number of hydrogen-bond acceptors (Lipinski definition) is 5. The summed E-state index contributed by atoms with van der Waals surface area (Å²) in [4.78, 5) is 23.1. The first-order chi connectivity index (χ1) is 14.4. The molecule has 2 rings (SSSR count). The first kappa shape index (κ1) is 23.7. The van der Waals surface area contributed by atoms with Crippen LogP contribution in [0.1, 0.15) is 11.1 Å². The highest BCUT2D eigenvalue weighted by molar-refractivity contribution is 9.10. The van der Waals surface area contributed by atoms with Gasteiger partial charge in [-0.2, -0.15) is 5.10 Å². The highest BCUT2D eigenvalue weighted by Crippen LogP contribution is 2.37. The molecular weight excluding hydrogens is 497 g/mol. The zero-order valence-electron chi connectivity index (χ0n) is 15.9. The average molecular weight is 515 g/mol. The molecule has 0 radical (unpaired) electrons. The van der Waals surface area contributed by atoms with E-state index < -0.39 is 11.8 Å². The van der Waals surface area contributed by atoms with Crippen LogP contribution in [0.3, 0.4) is 0 Å². The van der Waals surface area contributed by atoms with Crippen molar-refractivity contribution in [3.8, 4) is 11.5 Å². The summed E-state index contributed by atoms with van der Waals surface area (Å²) in [5.41, 5.74) is 3.38. The van der Waals surface area contributed by atoms with Gasteiger partial charge in [0.25, 0.3) is 0 Å². The van der Waals surface area contributed by atoms with Gasteiger partial charge in [0.1, 0.15) is 6.61 Å². The summed E-state index contributed by atoms with van der Waals surface area (Å²) >= 11 is 15.8. The van der Waals surface area contributed by atoms with Crippen LogP contribution in [0.2, 0.25) is 10.0 Å². The van der Waals surface area contributed by atoms with Crippen LogP contribution in [0.25, 0.3) is 0 Å². The van der Waals surface area contributed by atoms with Gasteiger partial charge in [-0.05, 0) is 45.8 Å². The van der Waals surface area contributed by atoms with Crippen molar-refractivity contribution in [3.05, 3.63) is 68.6 Å². The Hall–Kier alpha value is -2.55. The SMILES string of the molecule is C=CCNC(=O)C(=O)N/N=C\c1cc(Br)c(OCc2c(Cl)cccc2Cl)c(OC)c1. The van der Waals surface area contributed by atoms with E-state index in [1.807, 2.05) is 0 Å². The Labute approximate surface area is 192 Å². The third-order valence-electron chi connectivity index (χ3n) is 3.67. The van der Waals surface area contributed by atoms with Crippen molar-refractivity contribution >= 4 is 57.2 Å². The second-order valence-corrected chi connectivity index (χ2v) is 7.39. The molecule has 7 nitrogen and oxygen atoms in total. The summed E-state index contributed by atoms with van der Waals surface area (Å²) in [6.45, 7) is 3.77. The van der Waals surface area contributed by atoms with Crippen LogP contribution in [-0.4, -0.2) is 31.7 Å². The molecule has 2 amide bonds. The largest absolute Gasteiger partial charge is 0.493 e. The Balaban J connectivity index is 2.10. The number of hydrogen-bond donors (Lipinski definition) is 2. The van der Waals surface area contributed by atoms with Crippen LogP contribution < -0.4 is 20.2 Å². The van der Waals surface area contributed by atoms with Crippen LogP contribution >= 0.6 is 39.1 Å². The number of halogens is 3. The zero-order chi connectivity index (χ0) is 22.1. The van der Waals surface area contributed by atoms with Crippen molar-refractivity contribution in [1.29, 1.82) is 0 Å². The monoisotopic (exact) mass is 513 g/mol. The second kappa shape index (κ2) is 11.6. The van der Waals surface area contributed by atoms with Gasteiger partial charge in [0.15, 0.2) is 11.5 Å². The predicted octanol–water partition coefficient (Wildman–Crippen LogP) is 4.10. The summed E-state index contributed by atoms with van der Waals surface area (Å²) in [6, 6.07) is 8.57. The van der Waals surface area contributed by atoms with Gasteiger partial charge >= 0.3 is 11.8 Å². The van der Waals surface area contributed by atoms with Gasteiger partial charge in [0, 0.05) is 22.2 Å².